The summed E-state index contributed by atoms with van der Waals surface area (Å²) in [7, 11) is 0. The molecule has 1 aliphatic rings. The summed E-state index contributed by atoms with van der Waals surface area (Å²) in [6.45, 7) is 0.195. The maximum atomic E-state index is 12.6. The minimum absolute atomic E-state index is 0.0941. The van der Waals surface area contributed by atoms with Crippen molar-refractivity contribution in [3.05, 3.63) is 99.5 Å². The molecule has 0 radical (unpaired) electrons. The summed E-state index contributed by atoms with van der Waals surface area (Å²) < 4.78 is 5.76. The highest BCUT2D eigenvalue weighted by Crippen LogP contribution is 2.26. The highest BCUT2D eigenvalue weighted by molar-refractivity contribution is 6.35. The number of hydrogen-bond acceptors (Lipinski definition) is 5. The van der Waals surface area contributed by atoms with E-state index in [4.69, 9.17) is 32.8 Å². The van der Waals surface area contributed by atoms with E-state index in [1.807, 2.05) is 30.3 Å². The van der Waals surface area contributed by atoms with Crippen LogP contribution in [0, 0.1) is 0 Å². The Labute approximate surface area is 212 Å². The number of amides is 1. The zero-order valence-electron chi connectivity index (χ0n) is 18.5. The molecule has 1 heterocycles. The summed E-state index contributed by atoms with van der Waals surface area (Å²) in [6, 6.07) is 20.4. The zero-order valence-corrected chi connectivity index (χ0v) is 20.0. The minimum Gasteiger partial charge on any atom is -0.489 e. The molecule has 1 amide bonds. The van der Waals surface area contributed by atoms with Gasteiger partial charge >= 0.3 is 5.97 Å². The smallest absolute Gasteiger partial charge is 0.326 e. The van der Waals surface area contributed by atoms with Crippen LogP contribution in [0.25, 0.3) is 0 Å². The van der Waals surface area contributed by atoms with Crippen LogP contribution in [0.1, 0.15) is 23.1 Å². The number of nitrogens with one attached hydrogen (secondary N) is 1. The summed E-state index contributed by atoms with van der Waals surface area (Å²) >= 11 is 12.3. The minimum atomic E-state index is -1.14. The van der Waals surface area contributed by atoms with E-state index < -0.39 is 24.0 Å². The highest BCUT2D eigenvalue weighted by Gasteiger charge is 2.32. The Morgan fingerprint density at radius 3 is 2.37 bits per heavy atom. The van der Waals surface area contributed by atoms with Crippen LogP contribution in [0.3, 0.4) is 0 Å². The summed E-state index contributed by atoms with van der Waals surface area (Å²) in [4.78, 5) is 29.7. The van der Waals surface area contributed by atoms with Crippen LogP contribution in [0.2, 0.25) is 10.0 Å². The Kier molecular flexibility index (Phi) is 7.90. The number of carbonyl (C=O) groups is 2. The second-order valence-corrected chi connectivity index (χ2v) is 8.75. The second-order valence-electron chi connectivity index (χ2n) is 7.94. The van der Waals surface area contributed by atoms with Crippen molar-refractivity contribution in [1.29, 1.82) is 0 Å². The number of rotatable bonds is 9. The molecule has 9 heteroatoms. The van der Waals surface area contributed by atoms with Gasteiger partial charge in [-0.15, -0.1) is 0 Å². The normalized spacial score (nSPS) is 15.6. The van der Waals surface area contributed by atoms with Crippen LogP contribution >= 0.6 is 23.2 Å². The van der Waals surface area contributed by atoms with E-state index in [9.17, 15) is 14.7 Å². The number of carboxylic acids is 1. The van der Waals surface area contributed by atoms with Crippen molar-refractivity contribution in [1.82, 2.24) is 5.32 Å². The summed E-state index contributed by atoms with van der Waals surface area (Å²) in [5, 5.41) is 17.2. The Bertz CT molecular complexity index is 1210. The number of ether oxygens (including phenoxy) is 1. The number of oxime groups is 1. The van der Waals surface area contributed by atoms with Crippen LogP contribution in [0.15, 0.2) is 78.0 Å². The molecule has 7 nitrogen and oxygen atoms in total. The standard InChI is InChI=1S/C26H22Cl2N2O5/c27-20-7-4-8-21(28)19(20)15-34-18-11-9-16(10-12-18)13-23(26(32)33)29-25(31)24-14-22(30-35-24)17-5-2-1-3-6-17/h1-12,23-24H,13-15H2,(H,29,31)(H,32,33)/t23?,24-/m0/s1. The molecule has 2 N–H and O–H groups in total. The fourth-order valence-corrected chi connectivity index (χ4v) is 4.07. The molecule has 35 heavy (non-hydrogen) atoms. The third-order valence-corrected chi connectivity index (χ3v) is 6.20. The first-order valence-electron chi connectivity index (χ1n) is 10.9. The predicted octanol–water partition coefficient (Wildman–Crippen LogP) is 4.88. The molecule has 0 saturated carbocycles. The van der Waals surface area contributed by atoms with Gasteiger partial charge in [0.1, 0.15) is 18.4 Å². The average Bonchev–Trinajstić information content (AvgIpc) is 3.35. The van der Waals surface area contributed by atoms with Gasteiger partial charge in [-0.05, 0) is 35.4 Å². The topological polar surface area (TPSA) is 97.2 Å². The molecule has 3 aromatic carbocycles. The summed E-state index contributed by atoms with van der Waals surface area (Å²) in [6.07, 6.45) is -0.514. The number of carboxylic acid groups (broad SMARTS) is 1. The fraction of sp³-hybridized carbons (Fsp3) is 0.192. The van der Waals surface area contributed by atoms with Gasteiger partial charge in [0.2, 0.25) is 6.10 Å². The van der Waals surface area contributed by atoms with Gasteiger partial charge in [-0.2, -0.15) is 0 Å². The van der Waals surface area contributed by atoms with E-state index in [0.717, 1.165) is 11.1 Å². The summed E-state index contributed by atoms with van der Waals surface area (Å²) in [5.74, 6) is -1.09. The Hall–Kier alpha value is -3.55. The van der Waals surface area contributed by atoms with Crippen LogP contribution in [-0.4, -0.2) is 34.8 Å². The fourth-order valence-electron chi connectivity index (χ4n) is 3.57. The number of hydrogen-bond donors (Lipinski definition) is 2. The second kappa shape index (κ2) is 11.3. The van der Waals surface area contributed by atoms with Crippen molar-refractivity contribution >= 4 is 40.8 Å². The van der Waals surface area contributed by atoms with E-state index >= 15 is 0 Å². The van der Waals surface area contributed by atoms with Crippen LogP contribution in [0.4, 0.5) is 0 Å². The molecule has 1 aliphatic heterocycles. The number of aliphatic carboxylic acids is 1. The predicted molar refractivity (Wildman–Crippen MR) is 133 cm³/mol. The molecule has 4 rings (SSSR count). The molecule has 3 aromatic rings. The maximum Gasteiger partial charge on any atom is 0.326 e. The van der Waals surface area contributed by atoms with E-state index in [1.54, 1.807) is 42.5 Å². The SMILES string of the molecule is O=C(O)C(Cc1ccc(OCc2c(Cl)cccc2Cl)cc1)NC(=O)[C@@H]1CC(c2ccccc2)=NO1. The van der Waals surface area contributed by atoms with Crippen molar-refractivity contribution in [3.63, 3.8) is 0 Å². The molecule has 1 unspecified atom stereocenters. The molecule has 0 saturated heterocycles. The monoisotopic (exact) mass is 512 g/mol. The van der Waals surface area contributed by atoms with Crippen molar-refractivity contribution < 1.29 is 24.3 Å². The Balaban J connectivity index is 1.32. The number of halogens is 2. The Morgan fingerprint density at radius 2 is 1.71 bits per heavy atom. The Morgan fingerprint density at radius 1 is 1.03 bits per heavy atom. The van der Waals surface area contributed by atoms with Crippen LogP contribution < -0.4 is 10.1 Å². The van der Waals surface area contributed by atoms with Gasteiger partial charge in [-0.1, -0.05) is 76.9 Å². The van der Waals surface area contributed by atoms with Gasteiger partial charge in [0, 0.05) is 28.5 Å². The van der Waals surface area contributed by atoms with E-state index in [0.29, 0.717) is 27.1 Å². The van der Waals surface area contributed by atoms with Gasteiger partial charge in [-0.3, -0.25) is 4.79 Å². The first-order valence-corrected chi connectivity index (χ1v) is 11.6. The van der Waals surface area contributed by atoms with Gasteiger partial charge in [0.15, 0.2) is 0 Å². The molecule has 0 spiro atoms. The third-order valence-electron chi connectivity index (χ3n) is 5.49. The third kappa shape index (κ3) is 6.32. The van der Waals surface area contributed by atoms with Crippen molar-refractivity contribution in [2.24, 2.45) is 5.16 Å². The van der Waals surface area contributed by atoms with Crippen molar-refractivity contribution in [2.45, 2.75) is 31.6 Å². The van der Waals surface area contributed by atoms with E-state index in [2.05, 4.69) is 10.5 Å². The lowest BCUT2D eigenvalue weighted by molar-refractivity contribution is -0.143. The van der Waals surface area contributed by atoms with E-state index in [-0.39, 0.29) is 19.4 Å². The lowest BCUT2D eigenvalue weighted by Gasteiger charge is -2.17. The molecular formula is C26H22Cl2N2O5. The van der Waals surface area contributed by atoms with E-state index in [1.165, 1.54) is 0 Å². The molecular weight excluding hydrogens is 491 g/mol. The van der Waals surface area contributed by atoms with Gasteiger partial charge in [0.05, 0.1) is 5.71 Å². The maximum absolute atomic E-state index is 12.6. The molecule has 180 valence electrons. The lowest BCUT2D eigenvalue weighted by atomic mass is 10.0. The van der Waals surface area contributed by atoms with Gasteiger partial charge in [-0.25, -0.2) is 4.79 Å². The quantitative estimate of drug-likeness (QED) is 0.425. The highest BCUT2D eigenvalue weighted by atomic mass is 35.5. The molecule has 0 aromatic heterocycles. The summed E-state index contributed by atoms with van der Waals surface area (Å²) in [5.41, 5.74) is 2.90. The number of carbonyl (C=O) groups excluding carboxylic acids is 1. The van der Waals surface area contributed by atoms with Gasteiger partial charge in [0.25, 0.3) is 5.91 Å². The lowest BCUT2D eigenvalue weighted by Crippen LogP contribution is -2.46. The molecule has 0 fully saturated rings. The van der Waals surface area contributed by atoms with Gasteiger partial charge < -0.3 is 20.0 Å². The molecule has 2 atom stereocenters. The van der Waals surface area contributed by atoms with Crippen molar-refractivity contribution in [2.75, 3.05) is 0 Å². The van der Waals surface area contributed by atoms with Crippen molar-refractivity contribution in [3.8, 4) is 5.75 Å². The first-order chi connectivity index (χ1) is 16.9. The average molecular weight is 513 g/mol. The van der Waals surface area contributed by atoms with Crippen LogP contribution in [0.5, 0.6) is 5.75 Å². The number of benzene rings is 3. The zero-order chi connectivity index (χ0) is 24.8. The van der Waals surface area contributed by atoms with Crippen LogP contribution in [-0.2, 0) is 27.5 Å². The number of nitrogens with zero attached hydrogens (tertiary/aromatic N) is 1. The largest absolute Gasteiger partial charge is 0.489 e. The molecule has 0 aliphatic carbocycles. The molecule has 0 bridgehead atoms. The first kappa shape index (κ1) is 24.6.